The Hall–Kier alpha value is -2.18. The highest BCUT2D eigenvalue weighted by Gasteiger charge is 2.16. The first-order chi connectivity index (χ1) is 9.04. The summed E-state index contributed by atoms with van der Waals surface area (Å²) < 4.78 is 0. The van der Waals surface area contributed by atoms with Gasteiger partial charge in [0, 0.05) is 32.5 Å². The van der Waals surface area contributed by atoms with Gasteiger partial charge in [-0.3, -0.25) is 9.59 Å². The van der Waals surface area contributed by atoms with Crippen LogP contribution in [0.25, 0.3) is 0 Å². The monoisotopic (exact) mass is 266 g/mol. The summed E-state index contributed by atoms with van der Waals surface area (Å²) in [5.41, 5.74) is 0. The Bertz CT molecular complexity index is 424. The molecule has 0 atom stereocenters. The van der Waals surface area contributed by atoms with Crippen LogP contribution in [0.15, 0.2) is 18.5 Å². The van der Waals surface area contributed by atoms with Crippen molar-refractivity contribution in [3.8, 4) is 0 Å². The standard InChI is InChI=1S/C12H18N4O3/c1-3-16(8-5-11(18)19)10(17)9-15(2)12-13-6-4-7-14-12/h4,6-7H,3,5,8-9H2,1-2H3,(H,18,19). The van der Waals surface area contributed by atoms with Gasteiger partial charge in [-0.05, 0) is 13.0 Å². The molecule has 19 heavy (non-hydrogen) atoms. The van der Waals surface area contributed by atoms with E-state index in [2.05, 4.69) is 9.97 Å². The molecule has 1 N–H and O–H groups in total. The molecule has 7 nitrogen and oxygen atoms in total. The molecule has 1 aromatic heterocycles. The van der Waals surface area contributed by atoms with E-state index in [-0.39, 0.29) is 25.4 Å². The maximum Gasteiger partial charge on any atom is 0.305 e. The molecule has 1 amide bonds. The molecular weight excluding hydrogens is 248 g/mol. The minimum atomic E-state index is -0.911. The molecule has 1 aromatic rings. The number of likely N-dealkylation sites (N-methyl/N-ethyl adjacent to an activating group) is 2. The summed E-state index contributed by atoms with van der Waals surface area (Å²) in [6.07, 6.45) is 3.15. The van der Waals surface area contributed by atoms with Gasteiger partial charge in [0.1, 0.15) is 0 Å². The number of aliphatic carboxylic acids is 1. The number of carboxylic acids is 1. The molecule has 0 aliphatic carbocycles. The Balaban J connectivity index is 2.54. The average Bonchev–Trinajstić information content (AvgIpc) is 2.40. The minimum absolute atomic E-state index is 0.0505. The number of hydrogen-bond acceptors (Lipinski definition) is 5. The normalized spacial score (nSPS) is 10.0. The number of anilines is 1. The van der Waals surface area contributed by atoms with Crippen molar-refractivity contribution in [2.75, 3.05) is 31.6 Å². The van der Waals surface area contributed by atoms with E-state index in [4.69, 9.17) is 5.11 Å². The third-order valence-corrected chi connectivity index (χ3v) is 2.60. The fourth-order valence-electron chi connectivity index (χ4n) is 1.55. The van der Waals surface area contributed by atoms with Gasteiger partial charge in [-0.1, -0.05) is 0 Å². The van der Waals surface area contributed by atoms with Crippen LogP contribution in [0.5, 0.6) is 0 Å². The Kier molecular flexibility index (Phi) is 5.72. The Labute approximate surface area is 111 Å². The SMILES string of the molecule is CCN(CCC(=O)O)C(=O)CN(C)c1ncccn1. The zero-order chi connectivity index (χ0) is 14.3. The molecule has 104 valence electrons. The first-order valence-corrected chi connectivity index (χ1v) is 6.02. The maximum absolute atomic E-state index is 12.0. The molecule has 1 rings (SSSR count). The van der Waals surface area contributed by atoms with Crippen molar-refractivity contribution in [2.45, 2.75) is 13.3 Å². The summed E-state index contributed by atoms with van der Waals surface area (Å²) in [5.74, 6) is -0.588. The van der Waals surface area contributed by atoms with E-state index >= 15 is 0 Å². The van der Waals surface area contributed by atoms with Crippen LogP contribution in [-0.2, 0) is 9.59 Å². The molecule has 0 unspecified atom stereocenters. The topological polar surface area (TPSA) is 86.6 Å². The van der Waals surface area contributed by atoms with E-state index in [0.29, 0.717) is 12.5 Å². The second kappa shape index (κ2) is 7.30. The summed E-state index contributed by atoms with van der Waals surface area (Å²) in [6.45, 7) is 2.64. The summed E-state index contributed by atoms with van der Waals surface area (Å²) >= 11 is 0. The molecule has 0 fully saturated rings. The van der Waals surface area contributed by atoms with Gasteiger partial charge in [-0.25, -0.2) is 9.97 Å². The maximum atomic E-state index is 12.0. The average molecular weight is 266 g/mol. The van der Waals surface area contributed by atoms with Crippen molar-refractivity contribution >= 4 is 17.8 Å². The van der Waals surface area contributed by atoms with E-state index in [9.17, 15) is 9.59 Å². The molecule has 0 aromatic carbocycles. The zero-order valence-electron chi connectivity index (χ0n) is 11.1. The van der Waals surface area contributed by atoms with Crippen molar-refractivity contribution in [1.29, 1.82) is 0 Å². The molecule has 1 heterocycles. The van der Waals surface area contributed by atoms with E-state index in [1.54, 1.807) is 30.4 Å². The van der Waals surface area contributed by atoms with Crippen LogP contribution < -0.4 is 4.90 Å². The minimum Gasteiger partial charge on any atom is -0.481 e. The van der Waals surface area contributed by atoms with Crippen molar-refractivity contribution in [3.05, 3.63) is 18.5 Å². The highest BCUT2D eigenvalue weighted by molar-refractivity contribution is 5.81. The van der Waals surface area contributed by atoms with Gasteiger partial charge in [0.05, 0.1) is 13.0 Å². The van der Waals surface area contributed by atoms with Crippen LogP contribution >= 0.6 is 0 Å². The molecule has 0 saturated heterocycles. The molecule has 0 aliphatic heterocycles. The number of nitrogens with zero attached hydrogens (tertiary/aromatic N) is 4. The van der Waals surface area contributed by atoms with Crippen LogP contribution in [-0.4, -0.2) is 58.5 Å². The second-order valence-electron chi connectivity index (χ2n) is 4.02. The third kappa shape index (κ3) is 4.90. The number of rotatable bonds is 7. The molecule has 0 radical (unpaired) electrons. The number of hydrogen-bond donors (Lipinski definition) is 1. The van der Waals surface area contributed by atoms with Crippen molar-refractivity contribution in [3.63, 3.8) is 0 Å². The summed E-state index contributed by atoms with van der Waals surface area (Å²) in [5, 5.41) is 8.63. The van der Waals surface area contributed by atoms with Crippen molar-refractivity contribution in [1.82, 2.24) is 14.9 Å². The predicted molar refractivity (Wildman–Crippen MR) is 69.8 cm³/mol. The summed E-state index contributed by atoms with van der Waals surface area (Å²) in [4.78, 5) is 33.7. The van der Waals surface area contributed by atoms with E-state index in [0.717, 1.165) is 0 Å². The first kappa shape index (κ1) is 14.9. The fraction of sp³-hybridized carbons (Fsp3) is 0.500. The highest BCUT2D eigenvalue weighted by Crippen LogP contribution is 2.03. The van der Waals surface area contributed by atoms with Crippen LogP contribution in [0.4, 0.5) is 5.95 Å². The van der Waals surface area contributed by atoms with Crippen LogP contribution in [0.1, 0.15) is 13.3 Å². The van der Waals surface area contributed by atoms with Crippen molar-refractivity contribution < 1.29 is 14.7 Å². The summed E-state index contributed by atoms with van der Waals surface area (Å²) in [6, 6.07) is 1.70. The van der Waals surface area contributed by atoms with Crippen molar-refractivity contribution in [2.24, 2.45) is 0 Å². The lowest BCUT2D eigenvalue weighted by molar-refractivity contribution is -0.138. The van der Waals surface area contributed by atoms with Gasteiger partial charge in [0.15, 0.2) is 0 Å². The quantitative estimate of drug-likeness (QED) is 0.760. The fourth-order valence-corrected chi connectivity index (χ4v) is 1.55. The lowest BCUT2D eigenvalue weighted by Gasteiger charge is -2.23. The smallest absolute Gasteiger partial charge is 0.305 e. The van der Waals surface area contributed by atoms with Gasteiger partial charge in [-0.2, -0.15) is 0 Å². The van der Waals surface area contributed by atoms with Gasteiger partial charge in [-0.15, -0.1) is 0 Å². The number of carboxylic acid groups (broad SMARTS) is 1. The number of aromatic nitrogens is 2. The van der Waals surface area contributed by atoms with Gasteiger partial charge < -0.3 is 14.9 Å². The largest absolute Gasteiger partial charge is 0.481 e. The summed E-state index contributed by atoms with van der Waals surface area (Å²) in [7, 11) is 1.72. The first-order valence-electron chi connectivity index (χ1n) is 6.02. The van der Waals surface area contributed by atoms with Crippen LogP contribution in [0.3, 0.4) is 0 Å². The van der Waals surface area contributed by atoms with Gasteiger partial charge in [0.25, 0.3) is 0 Å². The van der Waals surface area contributed by atoms with Gasteiger partial charge >= 0.3 is 5.97 Å². The number of carbonyl (C=O) groups is 2. The van der Waals surface area contributed by atoms with E-state index in [1.807, 2.05) is 6.92 Å². The molecule has 0 spiro atoms. The predicted octanol–water partition coefficient (Wildman–Crippen LogP) is 0.236. The molecule has 0 saturated carbocycles. The lowest BCUT2D eigenvalue weighted by atomic mass is 10.3. The molecular formula is C12H18N4O3. The molecule has 0 bridgehead atoms. The van der Waals surface area contributed by atoms with Gasteiger partial charge in [0.2, 0.25) is 11.9 Å². The Morgan fingerprint density at radius 3 is 2.47 bits per heavy atom. The van der Waals surface area contributed by atoms with Crippen LogP contribution in [0.2, 0.25) is 0 Å². The van der Waals surface area contributed by atoms with E-state index in [1.165, 1.54) is 4.90 Å². The van der Waals surface area contributed by atoms with E-state index < -0.39 is 5.97 Å². The highest BCUT2D eigenvalue weighted by atomic mass is 16.4. The third-order valence-electron chi connectivity index (χ3n) is 2.60. The second-order valence-corrected chi connectivity index (χ2v) is 4.02. The number of amides is 1. The molecule has 7 heteroatoms. The number of carbonyl (C=O) groups excluding carboxylic acids is 1. The Morgan fingerprint density at radius 2 is 1.95 bits per heavy atom. The Morgan fingerprint density at radius 1 is 1.32 bits per heavy atom. The lowest BCUT2D eigenvalue weighted by Crippen LogP contribution is -2.40. The van der Waals surface area contributed by atoms with Crippen LogP contribution in [0, 0.1) is 0 Å². The zero-order valence-corrected chi connectivity index (χ0v) is 11.1. The molecule has 0 aliphatic rings.